The number of carbonyl (C=O) groups is 4. The van der Waals surface area contributed by atoms with Crippen molar-refractivity contribution in [1.82, 2.24) is 15.1 Å². The number of nitrogens with zero attached hydrogens (tertiary/aromatic N) is 2. The topological polar surface area (TPSA) is 105 Å². The van der Waals surface area contributed by atoms with Crippen molar-refractivity contribution in [1.29, 1.82) is 0 Å². The maximum absolute atomic E-state index is 13.3. The fourth-order valence-electron chi connectivity index (χ4n) is 5.09. The first-order valence-corrected chi connectivity index (χ1v) is 13.1. The molecule has 1 spiro atoms. The fraction of sp³-hybridized carbons (Fsp3) is 0.643. The van der Waals surface area contributed by atoms with Crippen molar-refractivity contribution >= 4 is 23.7 Å². The summed E-state index contributed by atoms with van der Waals surface area (Å²) in [4.78, 5) is 53.6. The van der Waals surface area contributed by atoms with E-state index in [1.807, 2.05) is 36.1 Å². The molecule has 9 heteroatoms. The van der Waals surface area contributed by atoms with Crippen LogP contribution in [-0.2, 0) is 23.9 Å². The second kappa shape index (κ2) is 12.0. The van der Waals surface area contributed by atoms with E-state index >= 15 is 0 Å². The number of ether oxygens (including phenoxy) is 2. The number of hydrogen-bond acceptors (Lipinski definition) is 6. The molecule has 2 saturated heterocycles. The van der Waals surface area contributed by atoms with Crippen LogP contribution in [-0.4, -0.2) is 77.9 Å². The van der Waals surface area contributed by atoms with Crippen molar-refractivity contribution in [2.24, 2.45) is 5.41 Å². The third-order valence-corrected chi connectivity index (χ3v) is 7.10. The molecule has 1 atom stereocenters. The fourth-order valence-corrected chi connectivity index (χ4v) is 5.09. The highest BCUT2D eigenvalue weighted by atomic mass is 16.6. The Morgan fingerprint density at radius 1 is 1.03 bits per heavy atom. The number of benzene rings is 1. The van der Waals surface area contributed by atoms with Gasteiger partial charge in [-0.3, -0.25) is 19.2 Å². The lowest BCUT2D eigenvalue weighted by molar-refractivity contribution is -0.155. The molecule has 2 aliphatic heterocycles. The lowest BCUT2D eigenvalue weighted by atomic mass is 9.78. The molecule has 3 amide bonds. The van der Waals surface area contributed by atoms with E-state index in [0.717, 1.165) is 30.6 Å². The summed E-state index contributed by atoms with van der Waals surface area (Å²) in [6, 6.07) is 6.87. The molecule has 9 nitrogen and oxygen atoms in total. The average molecular weight is 516 g/mol. The second-order valence-corrected chi connectivity index (χ2v) is 11.3. The van der Waals surface area contributed by atoms with E-state index in [4.69, 9.17) is 9.47 Å². The number of esters is 1. The van der Waals surface area contributed by atoms with Crippen LogP contribution in [0, 0.1) is 12.3 Å². The molecule has 0 saturated carbocycles. The molecule has 3 rings (SSSR count). The SMILES string of the molecule is CC(=O)N[C@@H](CCC(=O)OC(C)(C)C)C(=O)N1CCC2(CCN(C(=O)COc3ccccc3C)CC2)C1. The number of likely N-dealkylation sites (tertiary alicyclic amines) is 2. The zero-order chi connectivity index (χ0) is 27.2. The summed E-state index contributed by atoms with van der Waals surface area (Å²) in [5, 5.41) is 2.71. The molecule has 2 aliphatic rings. The van der Waals surface area contributed by atoms with Gasteiger partial charge in [-0.25, -0.2) is 0 Å². The Morgan fingerprint density at radius 3 is 2.24 bits per heavy atom. The Labute approximate surface area is 219 Å². The zero-order valence-electron chi connectivity index (χ0n) is 22.8. The molecule has 204 valence electrons. The third kappa shape index (κ3) is 8.20. The number of nitrogens with one attached hydrogen (secondary N) is 1. The minimum atomic E-state index is -0.763. The standard InChI is InChI=1S/C28H41N3O6/c1-20-8-6-7-9-23(20)36-18-24(33)30-15-12-28(13-16-30)14-17-31(19-28)26(35)22(29-21(2)32)10-11-25(34)37-27(3,4)5/h6-9,22H,10-19H2,1-5H3,(H,29,32)/t22-/m0/s1. The van der Waals surface area contributed by atoms with Crippen LogP contribution in [0.2, 0.25) is 0 Å². The first-order chi connectivity index (χ1) is 17.4. The molecule has 0 aliphatic carbocycles. The first-order valence-electron chi connectivity index (χ1n) is 13.1. The van der Waals surface area contributed by atoms with Crippen LogP contribution < -0.4 is 10.1 Å². The Kier molecular flexibility index (Phi) is 9.21. The zero-order valence-corrected chi connectivity index (χ0v) is 22.8. The highest BCUT2D eigenvalue weighted by molar-refractivity contribution is 5.87. The Morgan fingerprint density at radius 2 is 1.65 bits per heavy atom. The van der Waals surface area contributed by atoms with Gasteiger partial charge in [0.25, 0.3) is 5.91 Å². The predicted octanol–water partition coefficient (Wildman–Crippen LogP) is 2.84. The molecule has 37 heavy (non-hydrogen) atoms. The van der Waals surface area contributed by atoms with Gasteiger partial charge < -0.3 is 24.6 Å². The number of piperidine rings is 1. The van der Waals surface area contributed by atoms with Crippen molar-refractivity contribution in [3.05, 3.63) is 29.8 Å². The third-order valence-electron chi connectivity index (χ3n) is 7.10. The van der Waals surface area contributed by atoms with Crippen LogP contribution in [0.15, 0.2) is 24.3 Å². The lowest BCUT2D eigenvalue weighted by Gasteiger charge is -2.39. The minimum absolute atomic E-state index is 0.0124. The summed E-state index contributed by atoms with van der Waals surface area (Å²) in [6.45, 7) is 11.2. The smallest absolute Gasteiger partial charge is 0.306 e. The lowest BCUT2D eigenvalue weighted by Crippen LogP contribution is -2.49. The van der Waals surface area contributed by atoms with Crippen molar-refractivity contribution in [3.63, 3.8) is 0 Å². The maximum atomic E-state index is 13.3. The average Bonchev–Trinajstić information content (AvgIpc) is 3.23. The van der Waals surface area contributed by atoms with E-state index in [9.17, 15) is 19.2 Å². The van der Waals surface area contributed by atoms with Gasteiger partial charge in [-0.2, -0.15) is 0 Å². The van der Waals surface area contributed by atoms with Crippen LogP contribution >= 0.6 is 0 Å². The number of aryl methyl sites for hydroxylation is 1. The van der Waals surface area contributed by atoms with Crippen molar-refractivity contribution in [2.75, 3.05) is 32.8 Å². The molecule has 1 aromatic rings. The normalized spacial score (nSPS) is 17.9. The van der Waals surface area contributed by atoms with Gasteiger partial charge >= 0.3 is 5.97 Å². The highest BCUT2D eigenvalue weighted by Gasteiger charge is 2.44. The van der Waals surface area contributed by atoms with Crippen molar-refractivity contribution in [2.45, 2.75) is 78.4 Å². The summed E-state index contributed by atoms with van der Waals surface area (Å²) in [5.41, 5.74) is 0.358. The van der Waals surface area contributed by atoms with Crippen molar-refractivity contribution < 1.29 is 28.7 Å². The van der Waals surface area contributed by atoms with Gasteiger partial charge in [0, 0.05) is 39.5 Å². The molecule has 2 heterocycles. The predicted molar refractivity (Wildman–Crippen MR) is 139 cm³/mol. The summed E-state index contributed by atoms with van der Waals surface area (Å²) in [7, 11) is 0. The van der Waals surface area contributed by atoms with E-state index in [1.54, 1.807) is 25.7 Å². The summed E-state index contributed by atoms with van der Waals surface area (Å²) in [6.07, 6.45) is 2.74. The van der Waals surface area contributed by atoms with E-state index < -0.39 is 17.6 Å². The first kappa shape index (κ1) is 28.5. The Balaban J connectivity index is 1.50. The number of para-hydroxylation sites is 1. The second-order valence-electron chi connectivity index (χ2n) is 11.3. The number of rotatable bonds is 8. The summed E-state index contributed by atoms with van der Waals surface area (Å²) < 4.78 is 11.1. The molecule has 0 bridgehead atoms. The summed E-state index contributed by atoms with van der Waals surface area (Å²) in [5.74, 6) is -0.180. The van der Waals surface area contributed by atoms with Crippen LogP contribution in [0.25, 0.3) is 0 Å². The molecule has 0 aromatic heterocycles. The van der Waals surface area contributed by atoms with Gasteiger partial charge in [0.1, 0.15) is 17.4 Å². The van der Waals surface area contributed by atoms with Gasteiger partial charge in [0.05, 0.1) is 0 Å². The maximum Gasteiger partial charge on any atom is 0.306 e. The van der Waals surface area contributed by atoms with Gasteiger partial charge in [-0.15, -0.1) is 0 Å². The van der Waals surface area contributed by atoms with Gasteiger partial charge in [-0.05, 0) is 70.4 Å². The number of amides is 3. The number of hydrogen-bond donors (Lipinski definition) is 1. The summed E-state index contributed by atoms with van der Waals surface area (Å²) >= 11 is 0. The molecule has 0 unspecified atom stereocenters. The molecule has 0 radical (unpaired) electrons. The highest BCUT2D eigenvalue weighted by Crippen LogP contribution is 2.40. The number of carbonyl (C=O) groups excluding carboxylic acids is 4. The van der Waals surface area contributed by atoms with Gasteiger partial charge in [0.2, 0.25) is 11.8 Å². The minimum Gasteiger partial charge on any atom is -0.484 e. The largest absolute Gasteiger partial charge is 0.484 e. The van der Waals surface area contributed by atoms with Gasteiger partial charge in [-0.1, -0.05) is 18.2 Å². The van der Waals surface area contributed by atoms with E-state index in [2.05, 4.69) is 5.32 Å². The quantitative estimate of drug-likeness (QED) is 0.534. The monoisotopic (exact) mass is 515 g/mol. The van der Waals surface area contributed by atoms with Crippen molar-refractivity contribution in [3.8, 4) is 5.75 Å². The molecular weight excluding hydrogens is 474 g/mol. The van der Waals surface area contributed by atoms with Crippen LogP contribution in [0.1, 0.15) is 65.4 Å². The molecule has 1 aromatic carbocycles. The Hall–Kier alpha value is -3.10. The van der Waals surface area contributed by atoms with Crippen LogP contribution in [0.4, 0.5) is 0 Å². The van der Waals surface area contributed by atoms with E-state index in [1.165, 1.54) is 6.92 Å². The van der Waals surface area contributed by atoms with Gasteiger partial charge in [0.15, 0.2) is 6.61 Å². The Bertz CT molecular complexity index is 994. The van der Waals surface area contributed by atoms with Crippen LogP contribution in [0.3, 0.4) is 0 Å². The van der Waals surface area contributed by atoms with E-state index in [0.29, 0.717) is 26.2 Å². The van der Waals surface area contributed by atoms with E-state index in [-0.39, 0.29) is 42.6 Å². The molecular formula is C28H41N3O6. The molecule has 1 N–H and O–H groups in total. The van der Waals surface area contributed by atoms with Crippen LogP contribution in [0.5, 0.6) is 5.75 Å². The molecule has 2 fully saturated rings.